The van der Waals surface area contributed by atoms with Gasteiger partial charge in [-0.05, 0) is 39.0 Å². The van der Waals surface area contributed by atoms with Crippen LogP contribution in [0.2, 0.25) is 0 Å². The van der Waals surface area contributed by atoms with E-state index in [2.05, 4.69) is 61.7 Å². The Morgan fingerprint density at radius 3 is 2.67 bits per heavy atom. The SMILES string of the molecule is CCC/C=C/C=C/C[C@@H]1C[C@@H]2C=CC(C)=C[C@@H]3C=C[C@H](O)[C@H](O)[C@H]3C(C)=CC=C[C@H]2C(=O)N1. The average molecular weight is 450 g/mol. The Balaban J connectivity index is 1.81. The fourth-order valence-electron chi connectivity index (χ4n) is 4.99. The topological polar surface area (TPSA) is 69.6 Å². The first-order valence-electron chi connectivity index (χ1n) is 12.3. The molecule has 33 heavy (non-hydrogen) atoms. The van der Waals surface area contributed by atoms with Gasteiger partial charge in [0.05, 0.1) is 18.1 Å². The number of aliphatic hydroxyl groups is 2. The van der Waals surface area contributed by atoms with Crippen LogP contribution in [0.1, 0.15) is 46.5 Å². The molecule has 0 unspecified atom stereocenters. The minimum atomic E-state index is -0.864. The van der Waals surface area contributed by atoms with E-state index in [-0.39, 0.29) is 35.6 Å². The van der Waals surface area contributed by atoms with Gasteiger partial charge in [0.15, 0.2) is 0 Å². The lowest BCUT2D eigenvalue weighted by molar-refractivity contribution is -0.127. The molecule has 0 aromatic rings. The van der Waals surface area contributed by atoms with Gasteiger partial charge in [0.2, 0.25) is 5.91 Å². The second-order valence-corrected chi connectivity index (χ2v) is 9.55. The molecule has 1 saturated heterocycles. The minimum absolute atomic E-state index is 0.0150. The van der Waals surface area contributed by atoms with Gasteiger partial charge in [0.1, 0.15) is 0 Å². The van der Waals surface area contributed by atoms with E-state index in [1.807, 2.05) is 31.2 Å². The summed E-state index contributed by atoms with van der Waals surface area (Å²) in [6.07, 6.45) is 26.7. The first kappa shape index (κ1) is 25.2. The summed E-state index contributed by atoms with van der Waals surface area (Å²) in [6.45, 7) is 6.21. The summed E-state index contributed by atoms with van der Waals surface area (Å²) in [5.74, 6) is -0.215. The molecular weight excluding hydrogens is 410 g/mol. The molecule has 0 spiro atoms. The molecule has 0 bridgehead atoms. The summed E-state index contributed by atoms with van der Waals surface area (Å²) in [5.41, 5.74) is 2.09. The van der Waals surface area contributed by atoms with E-state index in [0.717, 1.165) is 36.8 Å². The molecule has 0 aromatic carbocycles. The molecule has 1 fully saturated rings. The second-order valence-electron chi connectivity index (χ2n) is 9.55. The van der Waals surface area contributed by atoms with Crippen molar-refractivity contribution in [2.24, 2.45) is 23.7 Å². The summed E-state index contributed by atoms with van der Waals surface area (Å²) in [4.78, 5) is 13.0. The maximum absolute atomic E-state index is 13.0. The van der Waals surface area contributed by atoms with E-state index in [1.165, 1.54) is 0 Å². The molecule has 3 aliphatic rings. The Morgan fingerprint density at radius 1 is 1.09 bits per heavy atom. The second kappa shape index (κ2) is 12.2. The summed E-state index contributed by atoms with van der Waals surface area (Å²) < 4.78 is 0. The molecule has 1 aliphatic heterocycles. The fourth-order valence-corrected chi connectivity index (χ4v) is 4.99. The fraction of sp³-hybridized carbons (Fsp3) is 0.483. The van der Waals surface area contributed by atoms with Gasteiger partial charge in [-0.15, -0.1) is 0 Å². The van der Waals surface area contributed by atoms with Crippen molar-refractivity contribution in [1.29, 1.82) is 0 Å². The quantitative estimate of drug-likeness (QED) is 0.411. The molecule has 4 heteroatoms. The molecule has 3 rings (SSSR count). The Kier molecular flexibility index (Phi) is 9.28. The third kappa shape index (κ3) is 6.78. The van der Waals surface area contributed by atoms with Crippen molar-refractivity contribution in [2.75, 3.05) is 0 Å². The maximum atomic E-state index is 13.0. The minimum Gasteiger partial charge on any atom is -0.389 e. The van der Waals surface area contributed by atoms with Crippen LogP contribution >= 0.6 is 0 Å². The molecule has 1 heterocycles. The lowest BCUT2D eigenvalue weighted by Crippen LogP contribution is -2.47. The van der Waals surface area contributed by atoms with E-state index in [0.29, 0.717) is 0 Å². The van der Waals surface area contributed by atoms with Crippen LogP contribution in [-0.4, -0.2) is 34.4 Å². The van der Waals surface area contributed by atoms with Crippen LogP contribution in [0, 0.1) is 23.7 Å². The van der Waals surface area contributed by atoms with Gasteiger partial charge in [-0.25, -0.2) is 0 Å². The van der Waals surface area contributed by atoms with Gasteiger partial charge in [-0.3, -0.25) is 4.79 Å². The van der Waals surface area contributed by atoms with Crippen LogP contribution in [0.5, 0.6) is 0 Å². The first-order valence-corrected chi connectivity index (χ1v) is 12.3. The molecule has 178 valence electrons. The summed E-state index contributed by atoms with van der Waals surface area (Å²) in [6, 6.07) is 0.129. The van der Waals surface area contributed by atoms with Crippen LogP contribution in [-0.2, 0) is 4.79 Å². The highest BCUT2D eigenvalue weighted by molar-refractivity contribution is 5.82. The van der Waals surface area contributed by atoms with Crippen LogP contribution in [0.15, 0.2) is 84.1 Å². The Labute approximate surface area is 198 Å². The molecule has 0 saturated carbocycles. The number of aliphatic hydroxyl groups excluding tert-OH is 2. The van der Waals surface area contributed by atoms with Crippen molar-refractivity contribution < 1.29 is 15.0 Å². The summed E-state index contributed by atoms with van der Waals surface area (Å²) >= 11 is 0. The number of hydrogen-bond acceptors (Lipinski definition) is 3. The molecule has 1 amide bonds. The van der Waals surface area contributed by atoms with E-state index < -0.39 is 12.2 Å². The number of carbonyl (C=O) groups is 1. The van der Waals surface area contributed by atoms with E-state index in [4.69, 9.17) is 0 Å². The highest BCUT2D eigenvalue weighted by atomic mass is 16.3. The Hall–Kier alpha value is -2.43. The maximum Gasteiger partial charge on any atom is 0.227 e. The zero-order valence-electron chi connectivity index (χ0n) is 20.1. The van der Waals surface area contributed by atoms with E-state index in [1.54, 1.807) is 6.08 Å². The molecule has 0 aromatic heterocycles. The predicted octanol–water partition coefficient (Wildman–Crippen LogP) is 4.95. The number of allylic oxidation sites excluding steroid dienone is 10. The average Bonchev–Trinajstić information content (AvgIpc) is 2.78. The van der Waals surface area contributed by atoms with Crippen molar-refractivity contribution >= 4 is 5.91 Å². The van der Waals surface area contributed by atoms with Crippen LogP contribution < -0.4 is 5.32 Å². The number of unbranched alkanes of at least 4 members (excludes halogenated alkanes) is 1. The first-order chi connectivity index (χ1) is 15.9. The molecule has 0 radical (unpaired) electrons. The summed E-state index contributed by atoms with van der Waals surface area (Å²) in [7, 11) is 0. The lowest BCUT2D eigenvalue weighted by Gasteiger charge is -2.35. The van der Waals surface area contributed by atoms with Crippen molar-refractivity contribution in [3.8, 4) is 0 Å². The normalized spacial score (nSPS) is 34.8. The highest BCUT2D eigenvalue weighted by Crippen LogP contribution is 2.34. The van der Waals surface area contributed by atoms with Crippen LogP contribution in [0.25, 0.3) is 0 Å². The Morgan fingerprint density at radius 2 is 1.88 bits per heavy atom. The summed E-state index contributed by atoms with van der Waals surface area (Å²) in [5, 5.41) is 24.0. The van der Waals surface area contributed by atoms with Gasteiger partial charge in [0.25, 0.3) is 0 Å². The molecule has 4 nitrogen and oxygen atoms in total. The third-order valence-corrected chi connectivity index (χ3v) is 6.85. The van der Waals surface area contributed by atoms with Crippen molar-refractivity contribution in [3.05, 3.63) is 84.1 Å². The van der Waals surface area contributed by atoms with Crippen LogP contribution in [0.3, 0.4) is 0 Å². The largest absolute Gasteiger partial charge is 0.389 e. The Bertz CT molecular complexity index is 889. The zero-order valence-corrected chi connectivity index (χ0v) is 20.1. The van der Waals surface area contributed by atoms with Crippen molar-refractivity contribution in [1.82, 2.24) is 5.32 Å². The number of nitrogens with one attached hydrogen (secondary N) is 1. The van der Waals surface area contributed by atoms with Gasteiger partial charge in [0, 0.05) is 17.9 Å². The number of rotatable bonds is 5. The van der Waals surface area contributed by atoms with E-state index in [9.17, 15) is 15.0 Å². The number of carbonyl (C=O) groups excluding carboxylic acids is 1. The number of piperidine rings is 1. The number of amides is 1. The molecule has 2 aliphatic carbocycles. The number of hydrogen-bond donors (Lipinski definition) is 3. The van der Waals surface area contributed by atoms with E-state index >= 15 is 0 Å². The third-order valence-electron chi connectivity index (χ3n) is 6.85. The zero-order chi connectivity index (χ0) is 23.8. The molecular formula is C29H39NO3. The van der Waals surface area contributed by atoms with Gasteiger partial charge in [-0.2, -0.15) is 0 Å². The predicted molar refractivity (Wildman–Crippen MR) is 135 cm³/mol. The highest BCUT2D eigenvalue weighted by Gasteiger charge is 2.35. The standard InChI is InChI=1S/C29H39NO3/c1-4-5-6-7-8-9-12-24-19-22-15-14-20(2)18-23-16-17-26(31)28(32)27(23)21(3)11-10-13-25(22)29(33)30-24/h6-11,13-18,22-28,31-32H,4-5,12,19H2,1-3H3,(H,30,33)/b7-6+,9-8+,13-10?,15-14?,20-18?,21-11?/t22-,23-,24+,25+,26-,27-,28-/m0/s1. The van der Waals surface area contributed by atoms with Gasteiger partial charge in [-0.1, -0.05) is 97.4 Å². The smallest absolute Gasteiger partial charge is 0.227 e. The molecule has 7 atom stereocenters. The number of fused-ring (bicyclic) bond motifs is 2. The monoisotopic (exact) mass is 449 g/mol. The van der Waals surface area contributed by atoms with Crippen molar-refractivity contribution in [3.63, 3.8) is 0 Å². The lowest BCUT2D eigenvalue weighted by atomic mass is 9.75. The molecule has 3 N–H and O–H groups in total. The van der Waals surface area contributed by atoms with Crippen LogP contribution in [0.4, 0.5) is 0 Å². The van der Waals surface area contributed by atoms with Crippen molar-refractivity contribution in [2.45, 2.75) is 64.7 Å². The van der Waals surface area contributed by atoms with Gasteiger partial charge < -0.3 is 15.5 Å². The van der Waals surface area contributed by atoms with Gasteiger partial charge >= 0.3 is 0 Å².